The number of nitrogens with zero attached hydrogens (tertiary/aromatic N) is 5. The maximum atomic E-state index is 6.03. The molecule has 7 heteroatoms. The molecule has 0 spiro atoms. The first-order chi connectivity index (χ1) is 11.0. The van der Waals surface area contributed by atoms with E-state index in [1.54, 1.807) is 6.20 Å². The van der Waals surface area contributed by atoms with Gasteiger partial charge in [-0.25, -0.2) is 4.68 Å². The van der Waals surface area contributed by atoms with E-state index < -0.39 is 0 Å². The van der Waals surface area contributed by atoms with Crippen molar-refractivity contribution in [1.29, 1.82) is 0 Å². The van der Waals surface area contributed by atoms with Gasteiger partial charge in [0, 0.05) is 30.7 Å². The molecule has 23 heavy (non-hydrogen) atoms. The highest BCUT2D eigenvalue weighted by Gasteiger charge is 2.36. The van der Waals surface area contributed by atoms with Crippen LogP contribution in [-0.2, 0) is 23.3 Å². The number of piperidine rings is 1. The molecule has 0 saturated carbocycles. The van der Waals surface area contributed by atoms with E-state index in [0.717, 1.165) is 37.4 Å². The van der Waals surface area contributed by atoms with Crippen molar-refractivity contribution in [3.63, 3.8) is 0 Å². The van der Waals surface area contributed by atoms with Crippen LogP contribution in [0.25, 0.3) is 0 Å². The molecule has 7 nitrogen and oxygen atoms in total. The molecule has 1 N–H and O–H groups in total. The lowest BCUT2D eigenvalue weighted by Gasteiger charge is -2.40. The number of hydrogen-bond donors (Lipinski definition) is 1. The predicted octanol–water partition coefficient (Wildman–Crippen LogP) is 1.64. The number of aromatic amines is 1. The van der Waals surface area contributed by atoms with Gasteiger partial charge in [0.25, 0.3) is 0 Å². The summed E-state index contributed by atoms with van der Waals surface area (Å²) in [5.41, 5.74) is 3.45. The molecule has 0 bridgehead atoms. The first-order valence-electron chi connectivity index (χ1n) is 8.28. The van der Waals surface area contributed by atoms with E-state index in [2.05, 4.69) is 56.9 Å². The van der Waals surface area contributed by atoms with Crippen LogP contribution in [0.2, 0.25) is 0 Å². The maximum Gasteiger partial charge on any atom is 0.0932 e. The fourth-order valence-electron chi connectivity index (χ4n) is 3.46. The van der Waals surface area contributed by atoms with Gasteiger partial charge in [0.15, 0.2) is 0 Å². The van der Waals surface area contributed by atoms with E-state index in [1.165, 1.54) is 5.69 Å². The van der Waals surface area contributed by atoms with Crippen molar-refractivity contribution < 1.29 is 4.74 Å². The first-order valence-corrected chi connectivity index (χ1v) is 8.28. The van der Waals surface area contributed by atoms with Crippen molar-refractivity contribution in [1.82, 2.24) is 30.1 Å². The minimum absolute atomic E-state index is 0.0811. The van der Waals surface area contributed by atoms with Gasteiger partial charge in [-0.15, -0.1) is 5.10 Å². The summed E-state index contributed by atoms with van der Waals surface area (Å²) in [6.45, 7) is 10.0. The molecule has 2 aromatic rings. The highest BCUT2D eigenvalue weighted by atomic mass is 16.5. The Kier molecular flexibility index (Phi) is 3.50. The summed E-state index contributed by atoms with van der Waals surface area (Å²) < 4.78 is 8.08. The Balaban J connectivity index is 1.42. The molecule has 0 unspecified atom stereocenters. The summed E-state index contributed by atoms with van der Waals surface area (Å²) in [4.78, 5) is 2.43. The van der Waals surface area contributed by atoms with Gasteiger partial charge in [-0.2, -0.15) is 5.10 Å². The van der Waals surface area contributed by atoms with Crippen LogP contribution in [0.1, 0.15) is 50.3 Å². The van der Waals surface area contributed by atoms with Crippen LogP contribution < -0.4 is 0 Å². The van der Waals surface area contributed by atoms with Crippen LogP contribution in [0.3, 0.4) is 0 Å². The van der Waals surface area contributed by atoms with Crippen molar-refractivity contribution in [2.75, 3.05) is 13.1 Å². The van der Waals surface area contributed by atoms with Crippen LogP contribution in [-0.4, -0.2) is 49.3 Å². The SMILES string of the molecule is CC(C)(C)c1cc(CN2CC[C@H]3[C@H](C2)OCc2cnnn23)[nH]n1. The molecule has 2 atom stereocenters. The Bertz CT molecular complexity index is 685. The largest absolute Gasteiger partial charge is 0.368 e. The van der Waals surface area contributed by atoms with E-state index in [9.17, 15) is 0 Å². The molecule has 2 aliphatic rings. The fraction of sp³-hybridized carbons (Fsp3) is 0.688. The third kappa shape index (κ3) is 2.79. The van der Waals surface area contributed by atoms with Crippen molar-refractivity contribution in [2.24, 2.45) is 0 Å². The molecule has 124 valence electrons. The Morgan fingerprint density at radius 1 is 1.39 bits per heavy atom. The third-order valence-corrected chi connectivity index (χ3v) is 4.81. The standard InChI is InChI=1S/C16H24N6O/c1-16(2,3)15-6-11(18-19-15)8-21-5-4-13-14(9-21)23-10-12-7-17-20-22(12)13/h6-7,13-14H,4-5,8-10H2,1-3H3,(H,18,19)/t13-,14-/m0/s1. The quantitative estimate of drug-likeness (QED) is 0.912. The number of H-pyrrole nitrogens is 1. The highest BCUT2D eigenvalue weighted by molar-refractivity contribution is 5.16. The molecule has 0 aliphatic carbocycles. The molecule has 4 rings (SSSR count). The normalized spacial score (nSPS) is 25.2. The summed E-state index contributed by atoms with van der Waals surface area (Å²) >= 11 is 0. The minimum Gasteiger partial charge on any atom is -0.368 e. The molecule has 2 aromatic heterocycles. The van der Waals surface area contributed by atoms with E-state index >= 15 is 0 Å². The van der Waals surface area contributed by atoms with Crippen LogP contribution in [0.4, 0.5) is 0 Å². The number of fused-ring (bicyclic) bond motifs is 3. The summed E-state index contributed by atoms with van der Waals surface area (Å²) in [7, 11) is 0. The smallest absolute Gasteiger partial charge is 0.0932 e. The lowest BCUT2D eigenvalue weighted by molar-refractivity contribution is -0.0706. The lowest BCUT2D eigenvalue weighted by Crippen LogP contribution is -2.48. The summed E-state index contributed by atoms with van der Waals surface area (Å²) in [6.07, 6.45) is 3.05. The number of rotatable bonds is 2. The van der Waals surface area contributed by atoms with Gasteiger partial charge in [0.2, 0.25) is 0 Å². The van der Waals surface area contributed by atoms with E-state index in [-0.39, 0.29) is 11.5 Å². The maximum absolute atomic E-state index is 6.03. The average molecular weight is 316 g/mol. The van der Waals surface area contributed by atoms with Gasteiger partial charge in [-0.3, -0.25) is 10.00 Å². The van der Waals surface area contributed by atoms with Crippen LogP contribution in [0.5, 0.6) is 0 Å². The van der Waals surface area contributed by atoms with Crippen LogP contribution >= 0.6 is 0 Å². The van der Waals surface area contributed by atoms with Gasteiger partial charge < -0.3 is 4.74 Å². The Labute approximate surface area is 136 Å². The second-order valence-electron chi connectivity index (χ2n) is 7.64. The van der Waals surface area contributed by atoms with Gasteiger partial charge >= 0.3 is 0 Å². The zero-order valence-corrected chi connectivity index (χ0v) is 14.0. The zero-order valence-electron chi connectivity index (χ0n) is 14.0. The Morgan fingerprint density at radius 2 is 2.26 bits per heavy atom. The number of aromatic nitrogens is 5. The number of ether oxygens (including phenoxy) is 1. The molecular formula is C16H24N6O. The molecule has 1 saturated heterocycles. The first kappa shape index (κ1) is 14.8. The topological polar surface area (TPSA) is 71.9 Å². The molecule has 0 amide bonds. The minimum atomic E-state index is 0.0811. The molecule has 0 aromatic carbocycles. The van der Waals surface area contributed by atoms with Gasteiger partial charge in [0.05, 0.1) is 36.3 Å². The lowest BCUT2D eigenvalue weighted by atomic mass is 9.92. The predicted molar refractivity (Wildman–Crippen MR) is 84.8 cm³/mol. The number of likely N-dealkylation sites (tertiary alicyclic amines) is 1. The summed E-state index contributed by atoms with van der Waals surface area (Å²) in [5.74, 6) is 0. The van der Waals surface area contributed by atoms with Crippen molar-refractivity contribution in [2.45, 2.75) is 57.9 Å². The van der Waals surface area contributed by atoms with Crippen LogP contribution in [0, 0.1) is 0 Å². The summed E-state index contributed by atoms with van der Waals surface area (Å²) in [5, 5.41) is 15.9. The highest BCUT2D eigenvalue weighted by Crippen LogP contribution is 2.31. The van der Waals surface area contributed by atoms with Crippen molar-refractivity contribution >= 4 is 0 Å². The Morgan fingerprint density at radius 3 is 3.04 bits per heavy atom. The molecule has 1 fully saturated rings. The third-order valence-electron chi connectivity index (χ3n) is 4.81. The van der Waals surface area contributed by atoms with E-state index in [1.807, 2.05) is 0 Å². The van der Waals surface area contributed by atoms with Gasteiger partial charge in [-0.05, 0) is 12.5 Å². The molecule has 4 heterocycles. The van der Waals surface area contributed by atoms with Crippen molar-refractivity contribution in [3.05, 3.63) is 29.3 Å². The summed E-state index contributed by atoms with van der Waals surface area (Å²) in [6, 6.07) is 2.51. The molecular weight excluding hydrogens is 292 g/mol. The van der Waals surface area contributed by atoms with Gasteiger partial charge in [0.1, 0.15) is 0 Å². The van der Waals surface area contributed by atoms with Crippen LogP contribution in [0.15, 0.2) is 12.3 Å². The Hall–Kier alpha value is -1.73. The number of hydrogen-bond acceptors (Lipinski definition) is 5. The zero-order chi connectivity index (χ0) is 16.0. The number of nitrogens with one attached hydrogen (secondary N) is 1. The average Bonchev–Trinajstić information content (AvgIpc) is 3.15. The second-order valence-corrected chi connectivity index (χ2v) is 7.64. The van der Waals surface area contributed by atoms with Crippen molar-refractivity contribution in [3.8, 4) is 0 Å². The second kappa shape index (κ2) is 5.42. The monoisotopic (exact) mass is 316 g/mol. The molecule has 2 aliphatic heterocycles. The van der Waals surface area contributed by atoms with Gasteiger partial charge in [-0.1, -0.05) is 26.0 Å². The fourth-order valence-corrected chi connectivity index (χ4v) is 3.46. The van der Waals surface area contributed by atoms with E-state index in [0.29, 0.717) is 12.6 Å². The molecule has 0 radical (unpaired) electrons. The van der Waals surface area contributed by atoms with E-state index in [4.69, 9.17) is 4.74 Å².